The van der Waals surface area contributed by atoms with Gasteiger partial charge in [-0.25, -0.2) is 0 Å². The van der Waals surface area contributed by atoms with Crippen molar-refractivity contribution in [3.8, 4) is 17.2 Å². The molecule has 0 aliphatic heterocycles. The average molecular weight is 308 g/mol. The van der Waals surface area contributed by atoms with Crippen molar-refractivity contribution in [1.82, 2.24) is 0 Å². The molecule has 0 saturated carbocycles. The lowest BCUT2D eigenvalue weighted by Gasteiger charge is -2.13. The number of hydrogen-bond acceptors (Lipinski definition) is 4. The van der Waals surface area contributed by atoms with Gasteiger partial charge in [-0.2, -0.15) is 0 Å². The summed E-state index contributed by atoms with van der Waals surface area (Å²) >= 11 is 6.00. The Kier molecular flexibility index (Phi) is 4.23. The topological polar surface area (TPSA) is 78.8 Å². The van der Waals surface area contributed by atoms with E-state index in [2.05, 4.69) is 5.32 Å². The SMILES string of the molecule is COc1cc(Cl)c(C)cc1NC(=O)c1cc(O)ccc1O. The highest BCUT2D eigenvalue weighted by atomic mass is 35.5. The van der Waals surface area contributed by atoms with Crippen molar-refractivity contribution in [3.63, 3.8) is 0 Å². The fraction of sp³-hybridized carbons (Fsp3) is 0.133. The van der Waals surface area contributed by atoms with Crippen LogP contribution in [0, 0.1) is 6.92 Å². The lowest BCUT2D eigenvalue weighted by Crippen LogP contribution is -2.13. The predicted octanol–water partition coefficient (Wildman–Crippen LogP) is 3.32. The summed E-state index contributed by atoms with van der Waals surface area (Å²) in [6.07, 6.45) is 0. The molecular formula is C15H14ClNO4. The Morgan fingerprint density at radius 3 is 2.62 bits per heavy atom. The van der Waals surface area contributed by atoms with Crippen molar-refractivity contribution in [3.05, 3.63) is 46.5 Å². The Morgan fingerprint density at radius 1 is 1.24 bits per heavy atom. The first-order chi connectivity index (χ1) is 9.92. The second kappa shape index (κ2) is 5.93. The van der Waals surface area contributed by atoms with Crippen molar-refractivity contribution < 1.29 is 19.7 Å². The molecule has 0 spiro atoms. The minimum Gasteiger partial charge on any atom is -0.508 e. The summed E-state index contributed by atoms with van der Waals surface area (Å²) < 4.78 is 5.16. The summed E-state index contributed by atoms with van der Waals surface area (Å²) in [7, 11) is 1.46. The molecule has 3 N–H and O–H groups in total. The third-order valence-corrected chi connectivity index (χ3v) is 3.36. The molecule has 0 bridgehead atoms. The number of halogens is 1. The molecule has 0 aromatic heterocycles. The third kappa shape index (κ3) is 3.20. The normalized spacial score (nSPS) is 10.2. The summed E-state index contributed by atoms with van der Waals surface area (Å²) in [5, 5.41) is 22.2. The number of ether oxygens (including phenoxy) is 1. The summed E-state index contributed by atoms with van der Waals surface area (Å²) in [6.45, 7) is 1.79. The van der Waals surface area contributed by atoms with E-state index >= 15 is 0 Å². The van der Waals surface area contributed by atoms with E-state index in [-0.39, 0.29) is 17.1 Å². The Morgan fingerprint density at radius 2 is 1.95 bits per heavy atom. The van der Waals surface area contributed by atoms with Gasteiger partial charge in [0.1, 0.15) is 17.2 Å². The Balaban J connectivity index is 2.35. The first kappa shape index (κ1) is 15.0. The van der Waals surface area contributed by atoms with E-state index < -0.39 is 5.91 Å². The van der Waals surface area contributed by atoms with Crippen molar-refractivity contribution in [2.45, 2.75) is 6.92 Å². The molecule has 0 aliphatic rings. The van der Waals surface area contributed by atoms with E-state index in [1.165, 1.54) is 25.3 Å². The number of rotatable bonds is 3. The Bertz CT molecular complexity index is 700. The average Bonchev–Trinajstić information content (AvgIpc) is 2.45. The summed E-state index contributed by atoms with van der Waals surface area (Å²) in [4.78, 5) is 12.2. The summed E-state index contributed by atoms with van der Waals surface area (Å²) in [5.74, 6) is -0.505. The number of phenols is 2. The molecule has 21 heavy (non-hydrogen) atoms. The lowest BCUT2D eigenvalue weighted by molar-refractivity contribution is 0.102. The standard InChI is InChI=1S/C15H14ClNO4/c1-8-5-12(14(21-2)7-11(8)16)17-15(20)10-6-9(18)3-4-13(10)19/h3-7,18-19H,1-2H3,(H,17,20). The van der Waals surface area contributed by atoms with Crippen LogP contribution in [0.15, 0.2) is 30.3 Å². The van der Waals surface area contributed by atoms with Gasteiger partial charge in [0.05, 0.1) is 18.4 Å². The number of amides is 1. The van der Waals surface area contributed by atoms with E-state index in [0.717, 1.165) is 5.56 Å². The molecule has 2 aromatic carbocycles. The van der Waals surface area contributed by atoms with Gasteiger partial charge in [-0.15, -0.1) is 0 Å². The molecule has 6 heteroatoms. The van der Waals surface area contributed by atoms with Crippen LogP contribution in [0.2, 0.25) is 5.02 Å². The van der Waals surface area contributed by atoms with E-state index in [1.807, 2.05) is 0 Å². The number of nitrogens with one attached hydrogen (secondary N) is 1. The van der Waals surface area contributed by atoms with Crippen LogP contribution < -0.4 is 10.1 Å². The molecule has 110 valence electrons. The molecule has 5 nitrogen and oxygen atoms in total. The van der Waals surface area contributed by atoms with E-state index in [4.69, 9.17) is 16.3 Å². The van der Waals surface area contributed by atoms with Crippen LogP contribution in [-0.2, 0) is 0 Å². The molecule has 0 heterocycles. The molecule has 0 fully saturated rings. The van der Waals surface area contributed by atoms with Gasteiger partial charge < -0.3 is 20.3 Å². The smallest absolute Gasteiger partial charge is 0.259 e. The minimum absolute atomic E-state index is 0.0374. The molecule has 0 unspecified atom stereocenters. The van der Waals surface area contributed by atoms with Crippen LogP contribution >= 0.6 is 11.6 Å². The van der Waals surface area contributed by atoms with E-state index in [9.17, 15) is 15.0 Å². The largest absolute Gasteiger partial charge is 0.508 e. The molecule has 0 saturated heterocycles. The molecule has 2 rings (SSSR count). The fourth-order valence-electron chi connectivity index (χ4n) is 1.83. The third-order valence-electron chi connectivity index (χ3n) is 2.95. The van der Waals surface area contributed by atoms with Gasteiger partial charge in [-0.1, -0.05) is 11.6 Å². The van der Waals surface area contributed by atoms with E-state index in [0.29, 0.717) is 16.5 Å². The second-order valence-corrected chi connectivity index (χ2v) is 4.86. The second-order valence-electron chi connectivity index (χ2n) is 4.46. The van der Waals surface area contributed by atoms with Crippen LogP contribution in [0.4, 0.5) is 5.69 Å². The number of phenolic OH excluding ortho intramolecular Hbond substituents is 2. The van der Waals surface area contributed by atoms with Crippen LogP contribution in [0.5, 0.6) is 17.2 Å². The van der Waals surface area contributed by atoms with Gasteiger partial charge in [0.15, 0.2) is 0 Å². The van der Waals surface area contributed by atoms with Crippen LogP contribution in [0.25, 0.3) is 0 Å². The zero-order valence-electron chi connectivity index (χ0n) is 11.5. The Hall–Kier alpha value is -2.40. The van der Waals surface area contributed by atoms with Gasteiger partial charge >= 0.3 is 0 Å². The predicted molar refractivity (Wildman–Crippen MR) is 80.5 cm³/mol. The van der Waals surface area contributed by atoms with Crippen molar-refractivity contribution in [1.29, 1.82) is 0 Å². The number of benzene rings is 2. The number of aromatic hydroxyl groups is 2. The molecule has 0 atom stereocenters. The van der Waals surface area contributed by atoms with Gasteiger partial charge in [0.2, 0.25) is 0 Å². The van der Waals surface area contributed by atoms with Gasteiger partial charge in [0.25, 0.3) is 5.91 Å². The molecule has 1 amide bonds. The number of anilines is 1. The highest BCUT2D eigenvalue weighted by Crippen LogP contribution is 2.32. The Labute approximate surface area is 126 Å². The number of carbonyl (C=O) groups excluding carboxylic acids is 1. The van der Waals surface area contributed by atoms with Crippen LogP contribution in [-0.4, -0.2) is 23.2 Å². The number of aryl methyl sites for hydroxylation is 1. The highest BCUT2D eigenvalue weighted by molar-refractivity contribution is 6.31. The monoisotopic (exact) mass is 307 g/mol. The zero-order valence-corrected chi connectivity index (χ0v) is 12.2. The number of methoxy groups -OCH3 is 1. The maximum atomic E-state index is 12.2. The molecule has 2 aromatic rings. The highest BCUT2D eigenvalue weighted by Gasteiger charge is 2.15. The van der Waals surface area contributed by atoms with Gasteiger partial charge in [0, 0.05) is 11.1 Å². The zero-order chi connectivity index (χ0) is 15.6. The van der Waals surface area contributed by atoms with Gasteiger partial charge in [-0.3, -0.25) is 4.79 Å². The van der Waals surface area contributed by atoms with Crippen LogP contribution in [0.1, 0.15) is 15.9 Å². The molecular weight excluding hydrogens is 294 g/mol. The maximum Gasteiger partial charge on any atom is 0.259 e. The molecule has 0 aliphatic carbocycles. The first-order valence-electron chi connectivity index (χ1n) is 6.10. The number of hydrogen-bond donors (Lipinski definition) is 3. The van der Waals surface area contributed by atoms with E-state index in [1.54, 1.807) is 19.1 Å². The minimum atomic E-state index is -0.566. The fourth-order valence-corrected chi connectivity index (χ4v) is 1.98. The summed E-state index contributed by atoms with van der Waals surface area (Å²) in [5.41, 5.74) is 1.16. The lowest BCUT2D eigenvalue weighted by atomic mass is 10.1. The van der Waals surface area contributed by atoms with Gasteiger partial charge in [-0.05, 0) is 36.8 Å². The van der Waals surface area contributed by atoms with Crippen molar-refractivity contribution >= 4 is 23.2 Å². The van der Waals surface area contributed by atoms with Crippen molar-refractivity contribution in [2.24, 2.45) is 0 Å². The van der Waals surface area contributed by atoms with Crippen molar-refractivity contribution in [2.75, 3.05) is 12.4 Å². The summed E-state index contributed by atoms with van der Waals surface area (Å²) in [6, 6.07) is 6.97. The quantitative estimate of drug-likeness (QED) is 0.760. The maximum absolute atomic E-state index is 12.2. The number of carbonyl (C=O) groups is 1. The molecule has 0 radical (unpaired) electrons. The van der Waals surface area contributed by atoms with Crippen LogP contribution in [0.3, 0.4) is 0 Å². The first-order valence-corrected chi connectivity index (χ1v) is 6.47.